The number of hydrogen-bond donors (Lipinski definition) is 0. The van der Waals surface area contributed by atoms with Crippen LogP contribution in [0.25, 0.3) is 5.59 Å². The number of nitrogens with zero attached hydrogens (tertiary/aromatic N) is 1. The molecule has 0 amide bonds. The Balaban J connectivity index is -0.000000000333. The van der Waals surface area contributed by atoms with E-state index < -0.39 is 0 Å². The van der Waals surface area contributed by atoms with Crippen LogP contribution in [0.5, 0.6) is 0 Å². The molecule has 0 unspecified atom stereocenters. The summed E-state index contributed by atoms with van der Waals surface area (Å²) in [6, 6.07) is 0. The van der Waals surface area contributed by atoms with E-state index in [0.29, 0.717) is 0 Å². The van der Waals surface area contributed by atoms with Crippen molar-refractivity contribution < 1.29 is 44.4 Å². The van der Waals surface area contributed by atoms with E-state index in [1.807, 2.05) is 0 Å². The zero-order chi connectivity index (χ0) is 2.00. The summed E-state index contributed by atoms with van der Waals surface area (Å²) in [6.45, 7) is 0. The molecule has 0 saturated carbocycles. The van der Waals surface area contributed by atoms with Crippen molar-refractivity contribution in [2.45, 2.75) is 0 Å². The molecule has 7 nitrogen and oxygen atoms in total. The van der Waals surface area contributed by atoms with E-state index in [4.69, 9.17) is 10.5 Å². The van der Waals surface area contributed by atoms with Gasteiger partial charge in [0.05, 0.1) is 0 Å². The van der Waals surface area contributed by atoms with Gasteiger partial charge >= 0.3 is 17.1 Å². The monoisotopic (exact) mass is 176 g/mol. The van der Waals surface area contributed by atoms with E-state index in [1.165, 1.54) is 0 Å². The average molecular weight is 176 g/mol. The minimum atomic E-state index is 0. The maximum atomic E-state index is 7.25. The smallest absolute Gasteiger partial charge is 0.577 e. The predicted octanol–water partition coefficient (Wildman–Crippen LogP) is -3.80. The molecular formula is H10FeNO6+2. The predicted molar refractivity (Wildman–Crippen MR) is 24.8 cm³/mol. The van der Waals surface area contributed by atoms with Crippen molar-refractivity contribution in [3.8, 4) is 0 Å². The van der Waals surface area contributed by atoms with Gasteiger partial charge in [0.2, 0.25) is 0 Å². The molecule has 0 aliphatic carbocycles. The number of hydrogen-bond acceptors (Lipinski definition) is 1. The zero-order valence-corrected chi connectivity index (χ0v) is 4.81. The maximum Gasteiger partial charge on any atom is 3.00 e. The quantitative estimate of drug-likeness (QED) is 0.335. The van der Waals surface area contributed by atoms with Crippen LogP contribution in [0.3, 0.4) is 0 Å². The van der Waals surface area contributed by atoms with Gasteiger partial charge < -0.3 is 37.9 Å². The molecule has 8 heteroatoms. The molecule has 57 valence electrons. The molecule has 0 rings (SSSR count). The zero-order valence-electron chi connectivity index (χ0n) is 3.71. The van der Waals surface area contributed by atoms with E-state index in [-0.39, 0.29) is 44.4 Å². The van der Waals surface area contributed by atoms with Crippen molar-refractivity contribution in [1.82, 2.24) is 0 Å². The summed E-state index contributed by atoms with van der Waals surface area (Å²) in [5, 5.41) is 0. The maximum absolute atomic E-state index is 7.25. The second kappa shape index (κ2) is 37400. The fraction of sp³-hybridized carbons (Fsp3) is 0. The molecule has 0 heterocycles. The van der Waals surface area contributed by atoms with Crippen LogP contribution < -0.4 is 0 Å². The summed E-state index contributed by atoms with van der Waals surface area (Å²) in [4.78, 5) is 7.25. The van der Waals surface area contributed by atoms with Crippen molar-refractivity contribution in [3.63, 3.8) is 0 Å². The van der Waals surface area contributed by atoms with Gasteiger partial charge in [-0.2, -0.15) is 0 Å². The molecule has 0 aromatic rings. The molecule has 0 aliphatic rings. The van der Waals surface area contributed by atoms with E-state index in [9.17, 15) is 0 Å². The third kappa shape index (κ3) is 22100. The first kappa shape index (κ1) is 448. The normalized spacial score (nSPS) is 0.500. The van der Waals surface area contributed by atoms with Crippen LogP contribution in [-0.2, 0) is 17.1 Å². The topological polar surface area (TPSA) is 197 Å². The van der Waals surface area contributed by atoms with Crippen molar-refractivity contribution in [1.29, 1.82) is 0 Å². The largest absolute Gasteiger partial charge is 3.00 e. The van der Waals surface area contributed by atoms with Gasteiger partial charge in [0.25, 0.3) is 0 Å². The van der Waals surface area contributed by atoms with Gasteiger partial charge in [0.15, 0.2) is 0 Å². The van der Waals surface area contributed by atoms with Gasteiger partial charge in [0.1, 0.15) is 0 Å². The average Bonchev–Trinajstić information content (AvgIpc) is 1.00. The Morgan fingerprint density at radius 2 is 0.625 bits per heavy atom. The molecule has 0 aliphatic heterocycles. The molecule has 0 aromatic carbocycles. The van der Waals surface area contributed by atoms with E-state index in [2.05, 4.69) is 0 Å². The fourth-order valence-corrected chi connectivity index (χ4v) is 0. The molecule has 0 saturated heterocycles. The molecule has 0 aromatic heterocycles. The summed E-state index contributed by atoms with van der Waals surface area (Å²) >= 11 is 0. The van der Waals surface area contributed by atoms with Crippen LogP contribution in [0.4, 0.5) is 0 Å². The van der Waals surface area contributed by atoms with Crippen LogP contribution in [0, 0.1) is 4.91 Å². The SMILES string of the molecule is O.O.O.O.O.[Fe+3].[N-]=O. The van der Waals surface area contributed by atoms with Crippen LogP contribution >= 0.6 is 0 Å². The van der Waals surface area contributed by atoms with Crippen molar-refractivity contribution in [2.75, 3.05) is 0 Å². The number of rotatable bonds is 0. The molecule has 0 bridgehead atoms. The molecule has 0 spiro atoms. The van der Waals surface area contributed by atoms with E-state index in [0.717, 1.165) is 0 Å². The Morgan fingerprint density at radius 1 is 0.625 bits per heavy atom. The van der Waals surface area contributed by atoms with Gasteiger partial charge in [-0.15, -0.1) is 0 Å². The van der Waals surface area contributed by atoms with Gasteiger partial charge in [-0.25, -0.2) is 0 Å². The molecular weight excluding hydrogens is 166 g/mol. The van der Waals surface area contributed by atoms with Crippen LogP contribution in [0.2, 0.25) is 0 Å². The summed E-state index contributed by atoms with van der Waals surface area (Å²) in [7, 11) is 0. The van der Waals surface area contributed by atoms with Crippen molar-refractivity contribution in [2.24, 2.45) is 0 Å². The summed E-state index contributed by atoms with van der Waals surface area (Å²) in [5.41, 5.74) is 5.75. The van der Waals surface area contributed by atoms with Crippen LogP contribution in [0.15, 0.2) is 0 Å². The minimum absolute atomic E-state index is 0. The Labute approximate surface area is 55.9 Å². The summed E-state index contributed by atoms with van der Waals surface area (Å²) < 4.78 is 0. The standard InChI is InChI=1S/Fe.NO.5H2O/c;1-2;;;;;/h;;5*1H2/q+3;-1;;;;;. The second-order valence-corrected chi connectivity index (χ2v) is 0. The minimum Gasteiger partial charge on any atom is -0.577 e. The van der Waals surface area contributed by atoms with Gasteiger partial charge in [0, 0.05) is 0 Å². The molecule has 1 radical (unpaired) electrons. The Morgan fingerprint density at radius 3 is 0.625 bits per heavy atom. The fourth-order valence-electron chi connectivity index (χ4n) is 0. The Kier molecular flexibility index (Phi) is 2100000. The van der Waals surface area contributed by atoms with Crippen molar-refractivity contribution >= 4 is 0 Å². The summed E-state index contributed by atoms with van der Waals surface area (Å²) in [6.07, 6.45) is 0. The second-order valence-electron chi connectivity index (χ2n) is 0. The Bertz CT molecular complexity index is 8.49. The molecule has 0 atom stereocenters. The third-order valence-electron chi connectivity index (χ3n) is 0. The van der Waals surface area contributed by atoms with Gasteiger partial charge in [-0.3, -0.25) is 0 Å². The third-order valence-corrected chi connectivity index (χ3v) is 0. The number of nitroso groups, excluding NO2 is 1. The van der Waals surface area contributed by atoms with Crippen LogP contribution in [0.1, 0.15) is 0 Å². The van der Waals surface area contributed by atoms with Crippen molar-refractivity contribution in [3.05, 3.63) is 10.5 Å². The first-order valence-electron chi connectivity index (χ1n) is 0.183. The van der Waals surface area contributed by atoms with E-state index >= 15 is 0 Å². The summed E-state index contributed by atoms with van der Waals surface area (Å²) in [5.74, 6) is 0. The first-order chi connectivity index (χ1) is 1.00. The Hall–Kier alpha value is -0.0805. The van der Waals surface area contributed by atoms with E-state index in [1.54, 1.807) is 0 Å². The van der Waals surface area contributed by atoms with Crippen LogP contribution in [-0.4, -0.2) is 27.4 Å². The van der Waals surface area contributed by atoms with Gasteiger partial charge in [-0.1, -0.05) is 0 Å². The molecule has 0 fully saturated rings. The van der Waals surface area contributed by atoms with Gasteiger partial charge in [-0.05, 0) is 0 Å². The molecule has 8 heavy (non-hydrogen) atoms. The molecule has 10 N–H and O–H groups in total. The first-order valence-corrected chi connectivity index (χ1v) is 0.183.